The number of hydrogen-bond donors (Lipinski definition) is 5. The number of aryl methyl sites for hydroxylation is 2. The van der Waals surface area contributed by atoms with Crippen molar-refractivity contribution in [3.8, 4) is 11.5 Å². The molecule has 19 heteroatoms. The molecule has 8 amide bonds. The van der Waals surface area contributed by atoms with Crippen LogP contribution in [0.2, 0.25) is 0 Å². The molecule has 4 aliphatic heterocycles. The fourth-order valence-electron chi connectivity index (χ4n) is 11.1. The largest absolute Gasteiger partial charge is 0.497 e. The van der Waals surface area contributed by atoms with E-state index in [1.54, 1.807) is 41.3 Å². The SMILES string of the molecule is COc1ccc2c(c1)C(=O)N(C[C@@]1(c3cc4cc5c(cc4o3)[C@@H](CC(=O)OC(C)(C)C)CC5)NC(=O)NC1=O)C2.COc1ccc2c(c1)C(=O)N(C[C@@]1(c3cc4cc5c(cc4o3)[C@@H](N)CC5)NC(=O)NC1=O)C2. The minimum atomic E-state index is -1.60. The Morgan fingerprint density at radius 2 is 1.14 bits per heavy atom. The van der Waals surface area contributed by atoms with Crippen LogP contribution in [0.25, 0.3) is 21.9 Å². The highest BCUT2D eigenvalue weighted by molar-refractivity contribution is 6.09. The van der Waals surface area contributed by atoms with Gasteiger partial charge in [0.2, 0.25) is 0 Å². The molecule has 73 heavy (non-hydrogen) atoms. The molecule has 6 aliphatic rings. The maximum absolute atomic E-state index is 13.3. The minimum absolute atomic E-state index is 0.00367. The van der Waals surface area contributed by atoms with Crippen molar-refractivity contribution in [2.24, 2.45) is 5.73 Å². The monoisotopic (exact) mass is 991 g/mol. The van der Waals surface area contributed by atoms with E-state index in [4.69, 9.17) is 28.8 Å². The Hall–Kier alpha value is -8.19. The van der Waals surface area contributed by atoms with Gasteiger partial charge in [-0.25, -0.2) is 9.59 Å². The van der Waals surface area contributed by atoms with Gasteiger partial charge in [-0.15, -0.1) is 0 Å². The molecule has 4 aromatic carbocycles. The summed E-state index contributed by atoms with van der Waals surface area (Å²) in [5.41, 5.74) is 10.6. The Bertz CT molecular complexity index is 3390. The highest BCUT2D eigenvalue weighted by Crippen LogP contribution is 2.42. The number of benzene rings is 4. The molecular weight excluding hydrogens is 939 g/mol. The number of carbonyl (C=O) groups is 7. The second kappa shape index (κ2) is 17.2. The number of carbonyl (C=O) groups excluding carboxylic acids is 7. The molecule has 0 saturated carbocycles. The summed E-state index contributed by atoms with van der Waals surface area (Å²) < 4.78 is 28.4. The Morgan fingerprint density at radius 3 is 1.60 bits per heavy atom. The molecule has 0 unspecified atom stereocenters. The van der Waals surface area contributed by atoms with Crippen LogP contribution in [0.3, 0.4) is 0 Å². The van der Waals surface area contributed by atoms with Crippen molar-refractivity contribution >= 4 is 63.6 Å². The van der Waals surface area contributed by atoms with Crippen molar-refractivity contribution in [3.05, 3.63) is 129 Å². The number of nitrogens with one attached hydrogen (secondary N) is 4. The van der Waals surface area contributed by atoms with E-state index >= 15 is 0 Å². The standard InChI is InChI=1S/C30H31N3O7.C24H22N4O5/c1-29(2,3)40-25(34)11-17-6-5-16-9-19-10-24(39-23(19)13-21(16)17)30(27(36)31-28(37)32-30)15-33-14-18-7-8-20(38-4)12-22(18)26(33)35;1-32-15-4-2-13-10-28(21(29)17(13)8-15)11-24(22(30)26-23(31)27-24)20-7-14-6-12-3-5-18(25)16(12)9-19(14)33-20/h7-10,12-13,17H,5-6,11,14-15H2,1-4H3,(H2,31,32,36,37);2,4,6-9,18H,3,5,10-11,25H2,1H3,(H2,26,27,30,31)/t17-,30+;18-,24-/m10/s1. The number of urea groups is 2. The molecule has 4 atom stereocenters. The van der Waals surface area contributed by atoms with E-state index in [1.807, 2.05) is 57.2 Å². The molecule has 0 spiro atoms. The molecule has 19 nitrogen and oxygen atoms in total. The maximum atomic E-state index is 13.3. The average Bonchev–Trinajstić information content (AvgIpc) is 4.25. The van der Waals surface area contributed by atoms with Crippen LogP contribution in [-0.4, -0.2) is 84.4 Å². The second-order valence-corrected chi connectivity index (χ2v) is 20.6. The van der Waals surface area contributed by atoms with E-state index in [9.17, 15) is 33.6 Å². The maximum Gasteiger partial charge on any atom is 0.322 e. The first-order chi connectivity index (χ1) is 34.8. The summed E-state index contributed by atoms with van der Waals surface area (Å²) in [6.07, 6.45) is 3.69. The number of ether oxygens (including phenoxy) is 3. The van der Waals surface area contributed by atoms with Crippen molar-refractivity contribution in [2.45, 2.75) is 94.6 Å². The van der Waals surface area contributed by atoms with Crippen molar-refractivity contribution < 1.29 is 56.6 Å². The number of furan rings is 2. The fraction of sp³-hybridized carbons (Fsp3) is 0.352. The molecule has 0 radical (unpaired) electrons. The number of hydrogen-bond acceptors (Lipinski definition) is 13. The number of rotatable bonds is 10. The zero-order valence-electron chi connectivity index (χ0n) is 40.8. The van der Waals surface area contributed by atoms with Crippen LogP contribution in [-0.2, 0) is 56.1 Å². The lowest BCUT2D eigenvalue weighted by Crippen LogP contribution is -2.52. The van der Waals surface area contributed by atoms with Crippen LogP contribution in [0, 0.1) is 0 Å². The van der Waals surface area contributed by atoms with Gasteiger partial charge in [0.25, 0.3) is 23.6 Å². The predicted octanol–water partition coefficient (Wildman–Crippen LogP) is 5.97. The highest BCUT2D eigenvalue weighted by Gasteiger charge is 2.54. The molecular formula is C54H53N7O12. The summed E-state index contributed by atoms with van der Waals surface area (Å²) in [5.74, 6) is -0.238. The third kappa shape index (κ3) is 8.16. The number of nitrogens with two attached hydrogens (primary N) is 1. The molecule has 2 fully saturated rings. The van der Waals surface area contributed by atoms with Gasteiger partial charge in [-0.1, -0.05) is 12.1 Å². The number of amides is 8. The summed E-state index contributed by atoms with van der Waals surface area (Å²) in [7, 11) is 3.07. The molecule has 6 aromatic rings. The zero-order valence-corrected chi connectivity index (χ0v) is 40.8. The molecule has 0 bridgehead atoms. The normalized spacial score (nSPS) is 22.7. The third-order valence-electron chi connectivity index (χ3n) is 14.7. The van der Waals surface area contributed by atoms with Gasteiger partial charge in [0.15, 0.2) is 11.1 Å². The van der Waals surface area contributed by atoms with Gasteiger partial charge >= 0.3 is 18.0 Å². The summed E-state index contributed by atoms with van der Waals surface area (Å²) in [6.45, 7) is 5.96. The summed E-state index contributed by atoms with van der Waals surface area (Å²) in [4.78, 5) is 92.9. The van der Waals surface area contributed by atoms with E-state index in [-0.39, 0.29) is 67.3 Å². The lowest BCUT2D eigenvalue weighted by atomic mass is 9.94. The lowest BCUT2D eigenvalue weighted by Gasteiger charge is -2.29. The van der Waals surface area contributed by atoms with Gasteiger partial charge in [0, 0.05) is 41.0 Å². The third-order valence-corrected chi connectivity index (χ3v) is 14.7. The Kier molecular flexibility index (Phi) is 11.1. The predicted molar refractivity (Wildman–Crippen MR) is 261 cm³/mol. The van der Waals surface area contributed by atoms with Crippen LogP contribution < -0.4 is 36.5 Å². The number of imide groups is 2. The molecule has 2 saturated heterocycles. The molecule has 6 N–H and O–H groups in total. The van der Waals surface area contributed by atoms with E-state index in [2.05, 4.69) is 21.3 Å². The Morgan fingerprint density at radius 1 is 0.658 bits per heavy atom. The van der Waals surface area contributed by atoms with Gasteiger partial charge < -0.3 is 49.2 Å². The zero-order chi connectivity index (χ0) is 51.3. The average molecular weight is 992 g/mol. The Balaban J connectivity index is 0.000000160. The van der Waals surface area contributed by atoms with E-state index in [1.165, 1.54) is 19.1 Å². The van der Waals surface area contributed by atoms with Gasteiger partial charge in [-0.3, -0.25) is 34.6 Å². The number of fused-ring (bicyclic) bond motifs is 6. The Labute approximate surface area is 418 Å². The molecule has 2 aliphatic carbocycles. The van der Waals surface area contributed by atoms with Gasteiger partial charge in [0.1, 0.15) is 39.8 Å². The summed E-state index contributed by atoms with van der Waals surface area (Å²) in [5, 5.41) is 11.7. The molecule has 376 valence electrons. The minimum Gasteiger partial charge on any atom is -0.497 e. The number of methoxy groups -OCH3 is 2. The van der Waals surface area contributed by atoms with E-state index in [0.717, 1.165) is 69.8 Å². The van der Waals surface area contributed by atoms with Crippen LogP contribution in [0.5, 0.6) is 11.5 Å². The van der Waals surface area contributed by atoms with E-state index < -0.39 is 40.6 Å². The van der Waals surface area contributed by atoms with Crippen molar-refractivity contribution in [2.75, 3.05) is 27.3 Å². The first-order valence-corrected chi connectivity index (χ1v) is 24.1. The smallest absolute Gasteiger partial charge is 0.322 e. The first kappa shape index (κ1) is 47.2. The topological polar surface area (TPSA) is 254 Å². The van der Waals surface area contributed by atoms with Crippen LogP contribution in [0.15, 0.2) is 81.6 Å². The van der Waals surface area contributed by atoms with Gasteiger partial charge in [-0.2, -0.15) is 0 Å². The van der Waals surface area contributed by atoms with Crippen molar-refractivity contribution in [1.82, 2.24) is 31.1 Å². The molecule has 2 aromatic heterocycles. The van der Waals surface area contributed by atoms with Crippen LogP contribution in [0.1, 0.15) is 118 Å². The van der Waals surface area contributed by atoms with Gasteiger partial charge in [-0.05, 0) is 146 Å². The first-order valence-electron chi connectivity index (χ1n) is 24.1. The van der Waals surface area contributed by atoms with E-state index in [0.29, 0.717) is 40.3 Å². The lowest BCUT2D eigenvalue weighted by molar-refractivity contribution is -0.155. The van der Waals surface area contributed by atoms with Crippen molar-refractivity contribution in [3.63, 3.8) is 0 Å². The quantitative estimate of drug-likeness (QED) is 0.0784. The van der Waals surface area contributed by atoms with Crippen molar-refractivity contribution in [1.29, 1.82) is 0 Å². The summed E-state index contributed by atoms with van der Waals surface area (Å²) in [6, 6.07) is 20.6. The molecule has 12 rings (SSSR count). The second-order valence-electron chi connectivity index (χ2n) is 20.6. The fourth-order valence-corrected chi connectivity index (χ4v) is 11.1. The number of esters is 1. The summed E-state index contributed by atoms with van der Waals surface area (Å²) >= 11 is 0. The van der Waals surface area contributed by atoms with Gasteiger partial charge in [0.05, 0.1) is 33.7 Å². The highest BCUT2D eigenvalue weighted by atomic mass is 16.6. The van der Waals surface area contributed by atoms with Crippen LogP contribution in [0.4, 0.5) is 9.59 Å². The number of nitrogens with zero attached hydrogens (tertiary/aromatic N) is 2. The molecule has 6 heterocycles. The van der Waals surface area contributed by atoms with Crippen LogP contribution >= 0.6 is 0 Å².